The molecule has 5 rings (SSSR count). The molecule has 1 heterocycles. The summed E-state index contributed by atoms with van der Waals surface area (Å²) in [5.74, 6) is 0.475. The van der Waals surface area contributed by atoms with Crippen LogP contribution in [0, 0.1) is 10.1 Å². The lowest BCUT2D eigenvalue weighted by Gasteiger charge is -2.14. The Morgan fingerprint density at radius 2 is 1.47 bits per heavy atom. The summed E-state index contributed by atoms with van der Waals surface area (Å²) in [6, 6.07) is 27.2. The van der Waals surface area contributed by atoms with Crippen LogP contribution in [0.4, 0.5) is 5.69 Å². The van der Waals surface area contributed by atoms with Gasteiger partial charge in [-0.3, -0.25) is 19.5 Å². The first-order valence-corrected chi connectivity index (χ1v) is 10.0. The number of aromatic nitrogens is 2. The van der Waals surface area contributed by atoms with Crippen molar-refractivity contribution in [3.8, 4) is 5.69 Å². The first-order valence-electron chi connectivity index (χ1n) is 10.0. The summed E-state index contributed by atoms with van der Waals surface area (Å²) in [4.78, 5) is 28.8. The molecule has 0 aliphatic rings. The van der Waals surface area contributed by atoms with E-state index in [2.05, 4.69) is 0 Å². The molecular formula is C26H17N3O3. The van der Waals surface area contributed by atoms with Crippen molar-refractivity contribution in [2.24, 2.45) is 0 Å². The van der Waals surface area contributed by atoms with Gasteiger partial charge in [-0.2, -0.15) is 0 Å². The SMILES string of the molecule is O=c1c2ccccc2nc(C=Cc2ccc([N+](=O)[O-])cc2)n1-c1cccc2ccccc12. The van der Waals surface area contributed by atoms with Crippen LogP contribution in [0.3, 0.4) is 0 Å². The Hall–Kier alpha value is -4.58. The predicted molar refractivity (Wildman–Crippen MR) is 127 cm³/mol. The zero-order valence-corrected chi connectivity index (χ0v) is 16.9. The van der Waals surface area contributed by atoms with Gasteiger partial charge in [-0.05, 0) is 47.4 Å². The highest BCUT2D eigenvalue weighted by molar-refractivity contribution is 5.91. The van der Waals surface area contributed by atoms with E-state index in [0.29, 0.717) is 16.7 Å². The largest absolute Gasteiger partial charge is 0.269 e. The fourth-order valence-electron chi connectivity index (χ4n) is 3.78. The highest BCUT2D eigenvalue weighted by Crippen LogP contribution is 2.24. The van der Waals surface area contributed by atoms with Gasteiger partial charge in [-0.1, -0.05) is 54.6 Å². The molecule has 0 bridgehead atoms. The summed E-state index contributed by atoms with van der Waals surface area (Å²) in [6.07, 6.45) is 3.55. The van der Waals surface area contributed by atoms with E-state index < -0.39 is 4.92 Å². The normalized spacial score (nSPS) is 11.4. The number of non-ortho nitro benzene ring substituents is 1. The third-order valence-corrected chi connectivity index (χ3v) is 5.34. The second kappa shape index (κ2) is 7.92. The summed E-state index contributed by atoms with van der Waals surface area (Å²) < 4.78 is 1.62. The molecule has 0 fully saturated rings. The predicted octanol–water partition coefficient (Wildman–Crippen LogP) is 5.62. The van der Waals surface area contributed by atoms with Gasteiger partial charge in [0.2, 0.25) is 0 Å². The summed E-state index contributed by atoms with van der Waals surface area (Å²) in [5.41, 5.74) is 1.99. The molecule has 0 aliphatic heterocycles. The van der Waals surface area contributed by atoms with Crippen molar-refractivity contribution in [1.82, 2.24) is 9.55 Å². The molecule has 32 heavy (non-hydrogen) atoms. The molecule has 4 aromatic carbocycles. The maximum Gasteiger partial charge on any atom is 0.269 e. The van der Waals surface area contributed by atoms with Gasteiger partial charge in [0.25, 0.3) is 11.2 Å². The van der Waals surface area contributed by atoms with Crippen molar-refractivity contribution in [3.63, 3.8) is 0 Å². The third-order valence-electron chi connectivity index (χ3n) is 5.34. The Balaban J connectivity index is 1.73. The van der Waals surface area contributed by atoms with Gasteiger partial charge in [-0.15, -0.1) is 0 Å². The van der Waals surface area contributed by atoms with Crippen LogP contribution >= 0.6 is 0 Å². The number of hydrogen-bond acceptors (Lipinski definition) is 4. The Labute approximate surface area is 182 Å². The van der Waals surface area contributed by atoms with E-state index in [-0.39, 0.29) is 11.2 Å². The molecule has 0 amide bonds. The zero-order valence-electron chi connectivity index (χ0n) is 16.9. The molecule has 0 spiro atoms. The second-order valence-electron chi connectivity index (χ2n) is 7.31. The van der Waals surface area contributed by atoms with Crippen LogP contribution in [0.5, 0.6) is 0 Å². The quantitative estimate of drug-likeness (QED) is 0.280. The summed E-state index contributed by atoms with van der Waals surface area (Å²) in [5, 5.41) is 13.4. The van der Waals surface area contributed by atoms with Crippen LogP contribution in [0.2, 0.25) is 0 Å². The molecular weight excluding hydrogens is 402 g/mol. The molecule has 154 valence electrons. The first kappa shape index (κ1) is 19.4. The van der Waals surface area contributed by atoms with Crippen LogP contribution < -0.4 is 5.56 Å². The second-order valence-corrected chi connectivity index (χ2v) is 7.31. The van der Waals surface area contributed by atoms with Gasteiger partial charge in [0.1, 0.15) is 5.82 Å². The van der Waals surface area contributed by atoms with Gasteiger partial charge < -0.3 is 0 Å². The van der Waals surface area contributed by atoms with Gasteiger partial charge in [0.05, 0.1) is 21.5 Å². The number of nitrogens with zero attached hydrogens (tertiary/aromatic N) is 3. The minimum Gasteiger partial charge on any atom is -0.268 e. The maximum atomic E-state index is 13.5. The fourth-order valence-corrected chi connectivity index (χ4v) is 3.78. The highest BCUT2D eigenvalue weighted by atomic mass is 16.6. The lowest BCUT2D eigenvalue weighted by molar-refractivity contribution is -0.384. The van der Waals surface area contributed by atoms with E-state index in [9.17, 15) is 14.9 Å². The topological polar surface area (TPSA) is 78.0 Å². The number of rotatable bonds is 4. The number of benzene rings is 4. The van der Waals surface area contributed by atoms with Crippen LogP contribution in [-0.2, 0) is 0 Å². The van der Waals surface area contributed by atoms with Crippen molar-refractivity contribution in [1.29, 1.82) is 0 Å². The average Bonchev–Trinajstić information content (AvgIpc) is 2.83. The van der Waals surface area contributed by atoms with Gasteiger partial charge in [0.15, 0.2) is 0 Å². The third kappa shape index (κ3) is 3.44. The molecule has 0 atom stereocenters. The summed E-state index contributed by atoms with van der Waals surface area (Å²) >= 11 is 0. The van der Waals surface area contributed by atoms with E-state index >= 15 is 0 Å². The monoisotopic (exact) mass is 419 g/mol. The molecule has 6 nitrogen and oxygen atoms in total. The fraction of sp³-hybridized carbons (Fsp3) is 0. The smallest absolute Gasteiger partial charge is 0.268 e. The summed E-state index contributed by atoms with van der Waals surface area (Å²) in [7, 11) is 0. The Bertz CT molecular complexity index is 1560. The lowest BCUT2D eigenvalue weighted by Crippen LogP contribution is -2.22. The lowest BCUT2D eigenvalue weighted by atomic mass is 10.1. The molecule has 1 aromatic heterocycles. The van der Waals surface area contributed by atoms with Crippen molar-refractivity contribution in [3.05, 3.63) is 123 Å². The van der Waals surface area contributed by atoms with Crippen molar-refractivity contribution in [2.75, 3.05) is 0 Å². The minimum absolute atomic E-state index is 0.0265. The molecule has 0 unspecified atom stereocenters. The number of fused-ring (bicyclic) bond motifs is 2. The van der Waals surface area contributed by atoms with Gasteiger partial charge in [-0.25, -0.2) is 4.98 Å². The van der Waals surface area contributed by atoms with E-state index in [0.717, 1.165) is 22.0 Å². The molecule has 0 saturated carbocycles. The number of nitro groups is 1. The molecule has 6 heteroatoms. The number of para-hydroxylation sites is 1. The van der Waals surface area contributed by atoms with E-state index in [1.807, 2.05) is 60.7 Å². The molecule has 0 aliphatic carbocycles. The van der Waals surface area contributed by atoms with Crippen molar-refractivity contribution >= 4 is 39.5 Å². The van der Waals surface area contributed by atoms with Crippen molar-refractivity contribution in [2.45, 2.75) is 0 Å². The van der Waals surface area contributed by atoms with Crippen LogP contribution in [0.15, 0.2) is 95.8 Å². The van der Waals surface area contributed by atoms with Gasteiger partial charge in [0, 0.05) is 17.5 Å². The number of hydrogen-bond donors (Lipinski definition) is 0. The van der Waals surface area contributed by atoms with Crippen LogP contribution in [-0.4, -0.2) is 14.5 Å². The standard InChI is InChI=1S/C26H17N3O3/c30-26-22-9-3-4-10-23(22)27-25(17-14-18-12-15-20(16-13-18)29(31)32)28(26)24-11-5-7-19-6-1-2-8-21(19)24/h1-17H. The summed E-state index contributed by atoms with van der Waals surface area (Å²) in [6.45, 7) is 0. The van der Waals surface area contributed by atoms with Gasteiger partial charge >= 0.3 is 0 Å². The van der Waals surface area contributed by atoms with E-state index in [4.69, 9.17) is 4.98 Å². The number of nitro benzene ring substituents is 1. The zero-order chi connectivity index (χ0) is 22.1. The maximum absolute atomic E-state index is 13.5. The average molecular weight is 419 g/mol. The van der Waals surface area contributed by atoms with E-state index in [1.54, 1.807) is 34.9 Å². The Kier molecular flexibility index (Phi) is 4.80. The highest BCUT2D eigenvalue weighted by Gasteiger charge is 2.13. The molecule has 0 saturated heterocycles. The molecule has 0 N–H and O–H groups in total. The molecule has 0 radical (unpaired) electrons. The molecule has 5 aromatic rings. The van der Waals surface area contributed by atoms with Crippen LogP contribution in [0.25, 0.3) is 39.5 Å². The Morgan fingerprint density at radius 1 is 0.781 bits per heavy atom. The van der Waals surface area contributed by atoms with E-state index in [1.165, 1.54) is 12.1 Å². The van der Waals surface area contributed by atoms with Crippen LogP contribution in [0.1, 0.15) is 11.4 Å². The Morgan fingerprint density at radius 3 is 2.25 bits per heavy atom. The minimum atomic E-state index is -0.434. The first-order chi connectivity index (χ1) is 15.6. The van der Waals surface area contributed by atoms with Crippen molar-refractivity contribution < 1.29 is 4.92 Å².